The van der Waals surface area contributed by atoms with Gasteiger partial charge in [0.2, 0.25) is 11.7 Å². The topological polar surface area (TPSA) is 190 Å². The SMILES string of the molecule is CN(C)c1cc(CNc2cccnc2)c(O)c2c1C[C@H]1C[C@H]3[C@H](N(C)C)C(O)[C@@H](C(N)=O)C(=O)[C@@]3(O)C(=O)C1=C2O. The molecular weight excluding hydrogens is 530 g/mol. The number of anilines is 2. The monoisotopic (exact) mass is 565 g/mol. The van der Waals surface area contributed by atoms with Gasteiger partial charge in [-0.25, -0.2) is 0 Å². The molecule has 12 heteroatoms. The molecule has 3 aliphatic carbocycles. The van der Waals surface area contributed by atoms with Crippen LogP contribution in [-0.2, 0) is 27.3 Å². The van der Waals surface area contributed by atoms with Crippen LogP contribution in [-0.4, -0.2) is 93.7 Å². The Bertz CT molecular complexity index is 1460. The molecule has 0 radical (unpaired) electrons. The predicted molar refractivity (Wildman–Crippen MR) is 150 cm³/mol. The Hall–Kier alpha value is -4.00. The third-order valence-corrected chi connectivity index (χ3v) is 8.77. The summed E-state index contributed by atoms with van der Waals surface area (Å²) in [7, 11) is 6.90. The number of carbonyl (C=O) groups excluding carboxylic acids is 3. The van der Waals surface area contributed by atoms with E-state index >= 15 is 0 Å². The molecule has 1 aromatic carbocycles. The van der Waals surface area contributed by atoms with Crippen molar-refractivity contribution in [3.8, 4) is 5.75 Å². The molecule has 2 fully saturated rings. The summed E-state index contributed by atoms with van der Waals surface area (Å²) in [5, 5.41) is 48.9. The molecule has 1 unspecified atom stereocenters. The van der Waals surface area contributed by atoms with Gasteiger partial charge in [-0.3, -0.25) is 19.4 Å². The highest BCUT2D eigenvalue weighted by Crippen LogP contribution is 2.53. The number of amides is 1. The van der Waals surface area contributed by atoms with Crippen molar-refractivity contribution >= 4 is 34.6 Å². The number of carbonyl (C=O) groups is 3. The predicted octanol–water partition coefficient (Wildman–Crippen LogP) is 0.202. The maximum absolute atomic E-state index is 14.1. The second-order valence-electron chi connectivity index (χ2n) is 11.5. The lowest BCUT2D eigenvalue weighted by Crippen LogP contribution is -2.73. The van der Waals surface area contributed by atoms with Crippen molar-refractivity contribution in [1.29, 1.82) is 0 Å². The van der Waals surface area contributed by atoms with Crippen LogP contribution in [0.4, 0.5) is 11.4 Å². The Kier molecular flexibility index (Phi) is 7.04. The number of aliphatic hydroxyl groups excluding tert-OH is 2. The summed E-state index contributed by atoms with van der Waals surface area (Å²) in [5.74, 6) is -7.61. The van der Waals surface area contributed by atoms with E-state index in [9.17, 15) is 34.8 Å². The molecule has 2 saturated carbocycles. The molecule has 6 atom stereocenters. The minimum Gasteiger partial charge on any atom is -0.507 e. The fraction of sp³-hybridized carbons (Fsp3) is 0.448. The number of likely N-dealkylation sites (N-methyl/N-ethyl adjacent to an activating group) is 1. The van der Waals surface area contributed by atoms with Crippen LogP contribution in [0, 0.1) is 17.8 Å². The van der Waals surface area contributed by atoms with E-state index in [0.717, 1.165) is 5.69 Å². The molecule has 0 spiro atoms. The number of aromatic hydroxyl groups is 1. The number of phenolic OH excluding ortho intramolecular Hbond substituents is 1. The van der Waals surface area contributed by atoms with Crippen molar-refractivity contribution in [1.82, 2.24) is 9.88 Å². The fourth-order valence-electron chi connectivity index (χ4n) is 6.90. The minimum absolute atomic E-state index is 0.0553. The molecule has 0 aliphatic heterocycles. The lowest BCUT2D eigenvalue weighted by molar-refractivity contribution is -0.184. The first-order valence-corrected chi connectivity index (χ1v) is 13.4. The molecule has 0 bridgehead atoms. The van der Waals surface area contributed by atoms with Crippen LogP contribution >= 0.6 is 0 Å². The highest BCUT2D eigenvalue weighted by molar-refractivity contribution is 6.25. The van der Waals surface area contributed by atoms with E-state index in [0.29, 0.717) is 16.8 Å². The lowest BCUT2D eigenvalue weighted by Gasteiger charge is -2.53. The number of phenols is 1. The average molecular weight is 566 g/mol. The molecule has 41 heavy (non-hydrogen) atoms. The molecule has 1 aromatic heterocycles. The number of fused-ring (bicyclic) bond motifs is 3. The van der Waals surface area contributed by atoms with Gasteiger partial charge in [-0.15, -0.1) is 0 Å². The van der Waals surface area contributed by atoms with Gasteiger partial charge in [0.05, 0.1) is 17.4 Å². The molecule has 7 N–H and O–H groups in total. The van der Waals surface area contributed by atoms with E-state index in [1.807, 2.05) is 31.1 Å². The van der Waals surface area contributed by atoms with Crippen molar-refractivity contribution in [2.75, 3.05) is 38.4 Å². The van der Waals surface area contributed by atoms with Crippen LogP contribution in [0.15, 0.2) is 36.2 Å². The number of pyridine rings is 1. The first-order chi connectivity index (χ1) is 19.3. The van der Waals surface area contributed by atoms with Gasteiger partial charge >= 0.3 is 0 Å². The molecule has 1 heterocycles. The van der Waals surface area contributed by atoms with Crippen LogP contribution in [0.2, 0.25) is 0 Å². The quantitative estimate of drug-likeness (QED) is 0.263. The third-order valence-electron chi connectivity index (χ3n) is 8.77. The summed E-state index contributed by atoms with van der Waals surface area (Å²) in [5.41, 5.74) is 5.12. The number of aliphatic hydroxyl groups is 3. The van der Waals surface area contributed by atoms with E-state index in [-0.39, 0.29) is 36.3 Å². The number of nitrogens with zero attached hydrogens (tertiary/aromatic N) is 3. The summed E-state index contributed by atoms with van der Waals surface area (Å²) < 4.78 is 0. The number of nitrogens with two attached hydrogens (primary N) is 1. The van der Waals surface area contributed by atoms with Gasteiger partial charge in [0.15, 0.2) is 11.4 Å². The molecule has 3 aliphatic rings. The largest absolute Gasteiger partial charge is 0.507 e. The number of primary amides is 1. The van der Waals surface area contributed by atoms with Gasteiger partial charge < -0.3 is 41.3 Å². The van der Waals surface area contributed by atoms with Gasteiger partial charge in [0.1, 0.15) is 17.4 Å². The van der Waals surface area contributed by atoms with Crippen LogP contribution in [0.3, 0.4) is 0 Å². The number of rotatable bonds is 6. The van der Waals surface area contributed by atoms with Gasteiger partial charge in [-0.05, 0) is 56.6 Å². The summed E-state index contributed by atoms with van der Waals surface area (Å²) >= 11 is 0. The molecule has 1 amide bonds. The maximum Gasteiger partial charge on any atom is 0.230 e. The highest BCUT2D eigenvalue weighted by Gasteiger charge is 2.67. The van der Waals surface area contributed by atoms with Crippen LogP contribution in [0.1, 0.15) is 23.1 Å². The van der Waals surface area contributed by atoms with E-state index in [2.05, 4.69) is 10.3 Å². The van der Waals surface area contributed by atoms with Gasteiger partial charge in [-0.2, -0.15) is 0 Å². The number of hydrogen-bond acceptors (Lipinski definition) is 11. The second kappa shape index (κ2) is 10.1. The van der Waals surface area contributed by atoms with Crippen molar-refractivity contribution in [2.24, 2.45) is 23.5 Å². The maximum atomic E-state index is 14.1. The van der Waals surface area contributed by atoms with E-state index in [1.165, 1.54) is 0 Å². The summed E-state index contributed by atoms with van der Waals surface area (Å²) in [6, 6.07) is 4.45. The number of benzene rings is 1. The molecule has 0 saturated heterocycles. The van der Waals surface area contributed by atoms with E-state index < -0.39 is 58.7 Å². The summed E-state index contributed by atoms with van der Waals surface area (Å²) in [6.45, 7) is 0.179. The number of ketones is 2. The highest BCUT2D eigenvalue weighted by atomic mass is 16.3. The Morgan fingerprint density at radius 3 is 2.51 bits per heavy atom. The standard InChI is InChI=1S/C29H35N5O7/c1-33(2)18-10-14(11-32-15-6-5-7-31-12-15)23(35)20-16(18)8-13-9-17-22(34(3)4)25(37)21(28(30)40)27(39)29(17,41)26(38)19(13)24(20)36/h5-7,10,12-13,17,21-22,25,32,35-37,41H,8-9,11H2,1-4H3,(H2,30,40)/t13-,17-,21+,22-,25?,29-/m0/s1. The van der Waals surface area contributed by atoms with E-state index in [4.69, 9.17) is 5.73 Å². The zero-order chi connectivity index (χ0) is 30.0. The summed E-state index contributed by atoms with van der Waals surface area (Å²) in [6.07, 6.45) is 2.03. The Balaban J connectivity index is 1.65. The van der Waals surface area contributed by atoms with Crippen LogP contribution in [0.5, 0.6) is 5.75 Å². The molecule has 12 nitrogen and oxygen atoms in total. The minimum atomic E-state index is -2.69. The van der Waals surface area contributed by atoms with Crippen molar-refractivity contribution < 1.29 is 34.8 Å². The van der Waals surface area contributed by atoms with E-state index in [1.54, 1.807) is 37.5 Å². The molecule has 5 rings (SSSR count). The smallest absolute Gasteiger partial charge is 0.230 e. The number of nitrogens with one attached hydrogen (secondary N) is 1. The van der Waals surface area contributed by atoms with Crippen molar-refractivity contribution in [3.63, 3.8) is 0 Å². The van der Waals surface area contributed by atoms with Gasteiger partial charge in [-0.1, -0.05) is 0 Å². The first-order valence-electron chi connectivity index (χ1n) is 13.4. The second-order valence-corrected chi connectivity index (χ2v) is 11.5. The average Bonchev–Trinajstić information content (AvgIpc) is 2.90. The van der Waals surface area contributed by atoms with Crippen molar-refractivity contribution in [2.45, 2.75) is 37.1 Å². The molecular formula is C29H35N5O7. The number of Topliss-reactive ketones (excluding diaryl/α,β-unsaturated/α-hetero) is 2. The van der Waals surface area contributed by atoms with Gasteiger partial charge in [0.25, 0.3) is 0 Å². The number of aromatic nitrogens is 1. The molecule has 2 aromatic rings. The van der Waals surface area contributed by atoms with Crippen LogP contribution < -0.4 is 16.0 Å². The van der Waals surface area contributed by atoms with Crippen molar-refractivity contribution in [3.05, 3.63) is 52.9 Å². The van der Waals surface area contributed by atoms with Crippen LogP contribution in [0.25, 0.3) is 5.76 Å². The lowest BCUT2D eigenvalue weighted by atomic mass is 9.54. The third kappa shape index (κ3) is 4.25. The Labute approximate surface area is 237 Å². The Morgan fingerprint density at radius 1 is 1.22 bits per heavy atom. The Morgan fingerprint density at radius 2 is 1.93 bits per heavy atom. The normalized spacial score (nSPS) is 29.1. The fourth-order valence-corrected chi connectivity index (χ4v) is 6.90. The molecule has 218 valence electrons. The summed E-state index contributed by atoms with van der Waals surface area (Å²) in [4.78, 5) is 47.3. The zero-order valence-electron chi connectivity index (χ0n) is 23.3. The van der Waals surface area contributed by atoms with Gasteiger partial charge in [0, 0.05) is 61.8 Å². The first kappa shape index (κ1) is 28.5. The zero-order valence-corrected chi connectivity index (χ0v) is 23.3. The number of hydrogen-bond donors (Lipinski definition) is 6.